The molecule has 1 aromatic carbocycles. The van der Waals surface area contributed by atoms with Crippen LogP contribution in [0.2, 0.25) is 0 Å². The lowest BCUT2D eigenvalue weighted by molar-refractivity contribution is -0.129. The number of rotatable bonds is 4. The van der Waals surface area contributed by atoms with Crippen LogP contribution in [0.15, 0.2) is 72.4 Å². The van der Waals surface area contributed by atoms with Gasteiger partial charge in [-0.2, -0.15) is 13.2 Å². The molecule has 0 spiro atoms. The number of carbonyl (C=O) groups excluding carboxylic acids is 2. The van der Waals surface area contributed by atoms with Crippen LogP contribution in [0.5, 0.6) is 0 Å². The number of hydrogen-bond donors (Lipinski definition) is 0. The summed E-state index contributed by atoms with van der Waals surface area (Å²) in [5, 5.41) is 0. The van der Waals surface area contributed by atoms with Crippen molar-refractivity contribution in [2.24, 2.45) is 5.92 Å². The third kappa shape index (κ3) is 3.97. The van der Waals surface area contributed by atoms with Gasteiger partial charge in [-0.05, 0) is 36.6 Å². The van der Waals surface area contributed by atoms with Crippen LogP contribution < -0.4 is 0 Å². The number of likely N-dealkylation sites (N-methyl/N-ethyl adjacent to an activating group) is 1. The molecule has 2 unspecified atom stereocenters. The molecule has 2 atom stereocenters. The highest BCUT2D eigenvalue weighted by Gasteiger charge is 2.48. The lowest BCUT2D eigenvalue weighted by Crippen LogP contribution is -2.29. The Morgan fingerprint density at radius 1 is 1.13 bits per heavy atom. The molecule has 158 valence electrons. The first kappa shape index (κ1) is 21.6. The van der Waals surface area contributed by atoms with Crippen molar-refractivity contribution in [3.05, 3.63) is 83.5 Å². The molecule has 2 aliphatic heterocycles. The third-order valence-electron chi connectivity index (χ3n) is 5.46. The average molecular weight is 416 g/mol. The van der Waals surface area contributed by atoms with Gasteiger partial charge in [-0.15, -0.1) is 0 Å². The first-order valence-electron chi connectivity index (χ1n) is 9.41. The van der Waals surface area contributed by atoms with E-state index in [9.17, 15) is 22.8 Å². The monoisotopic (exact) mass is 416 g/mol. The highest BCUT2D eigenvalue weighted by atomic mass is 19.4. The summed E-state index contributed by atoms with van der Waals surface area (Å²) >= 11 is 0. The van der Waals surface area contributed by atoms with E-state index in [1.54, 1.807) is 23.2 Å². The van der Waals surface area contributed by atoms with Crippen molar-refractivity contribution >= 4 is 11.6 Å². The van der Waals surface area contributed by atoms with Crippen LogP contribution in [0.3, 0.4) is 0 Å². The minimum atomic E-state index is -4.31. The van der Waals surface area contributed by atoms with Gasteiger partial charge in [-0.3, -0.25) is 9.59 Å². The van der Waals surface area contributed by atoms with Crippen molar-refractivity contribution in [3.63, 3.8) is 0 Å². The zero-order chi connectivity index (χ0) is 22.4. The molecule has 3 rings (SSSR count). The first-order valence-corrected chi connectivity index (χ1v) is 9.41. The molecule has 7 heteroatoms. The summed E-state index contributed by atoms with van der Waals surface area (Å²) in [4.78, 5) is 28.7. The number of ketones is 2. The SMILES string of the molecule is C=C1C(C)=CC(N2C(=C)C(=O)C(C(C)=O)C2c2ccc(CC(F)(F)F)cc2)=CN1C. The van der Waals surface area contributed by atoms with Crippen LogP contribution in [0.4, 0.5) is 13.2 Å². The fraction of sp³-hybridized carbons (Fsp3) is 0.304. The van der Waals surface area contributed by atoms with Crippen LogP contribution in [-0.4, -0.2) is 34.6 Å². The molecule has 0 saturated carbocycles. The smallest absolute Gasteiger partial charge is 0.349 e. The minimum absolute atomic E-state index is 0.115. The summed E-state index contributed by atoms with van der Waals surface area (Å²) in [5.74, 6) is -1.68. The van der Waals surface area contributed by atoms with Crippen LogP contribution in [-0.2, 0) is 16.0 Å². The van der Waals surface area contributed by atoms with Crippen molar-refractivity contribution < 1.29 is 22.8 Å². The number of allylic oxidation sites excluding steroid dienone is 3. The molecular formula is C23H23F3N2O2. The molecule has 1 fully saturated rings. The zero-order valence-corrected chi connectivity index (χ0v) is 17.1. The predicted molar refractivity (Wildman–Crippen MR) is 108 cm³/mol. The molecule has 0 amide bonds. The lowest BCUT2D eigenvalue weighted by Gasteiger charge is -2.34. The van der Waals surface area contributed by atoms with Gasteiger partial charge >= 0.3 is 6.18 Å². The highest BCUT2D eigenvalue weighted by molar-refractivity contribution is 6.12. The number of halogens is 3. The molecule has 2 heterocycles. The average Bonchev–Trinajstić information content (AvgIpc) is 2.90. The topological polar surface area (TPSA) is 40.6 Å². The molecule has 0 radical (unpaired) electrons. The zero-order valence-electron chi connectivity index (χ0n) is 17.1. The van der Waals surface area contributed by atoms with Crippen LogP contribution in [0.1, 0.15) is 31.0 Å². The number of hydrogen-bond acceptors (Lipinski definition) is 4. The Morgan fingerprint density at radius 2 is 1.73 bits per heavy atom. The summed E-state index contributed by atoms with van der Waals surface area (Å²) in [7, 11) is 1.82. The summed E-state index contributed by atoms with van der Waals surface area (Å²) in [6, 6.07) is 5.17. The van der Waals surface area contributed by atoms with E-state index in [0.717, 1.165) is 11.3 Å². The summed E-state index contributed by atoms with van der Waals surface area (Å²) in [5.41, 5.74) is 3.22. The maximum atomic E-state index is 12.9. The fourth-order valence-corrected chi connectivity index (χ4v) is 3.92. The van der Waals surface area contributed by atoms with Gasteiger partial charge in [0, 0.05) is 18.9 Å². The second kappa shape index (κ2) is 7.63. The van der Waals surface area contributed by atoms with E-state index in [4.69, 9.17) is 0 Å². The van der Waals surface area contributed by atoms with Crippen LogP contribution in [0, 0.1) is 5.92 Å². The first-order chi connectivity index (χ1) is 13.9. The van der Waals surface area contributed by atoms with Gasteiger partial charge in [-0.1, -0.05) is 37.4 Å². The highest BCUT2D eigenvalue weighted by Crippen LogP contribution is 2.44. The van der Waals surface area contributed by atoms with Gasteiger partial charge in [-0.25, -0.2) is 0 Å². The van der Waals surface area contributed by atoms with Crippen molar-refractivity contribution in [2.75, 3.05) is 7.05 Å². The Bertz CT molecular complexity index is 987. The van der Waals surface area contributed by atoms with Gasteiger partial charge < -0.3 is 9.80 Å². The van der Waals surface area contributed by atoms with Crippen molar-refractivity contribution in [1.29, 1.82) is 0 Å². The van der Waals surface area contributed by atoms with Crippen LogP contribution in [0.25, 0.3) is 0 Å². The van der Waals surface area contributed by atoms with Crippen molar-refractivity contribution in [2.45, 2.75) is 32.5 Å². The van der Waals surface area contributed by atoms with E-state index in [1.165, 1.54) is 19.1 Å². The predicted octanol–water partition coefficient (Wildman–Crippen LogP) is 4.68. The quantitative estimate of drug-likeness (QED) is 0.528. The Hall–Kier alpha value is -3.09. The Morgan fingerprint density at radius 3 is 2.23 bits per heavy atom. The maximum absolute atomic E-state index is 12.9. The van der Waals surface area contributed by atoms with E-state index >= 15 is 0 Å². The normalized spacial score (nSPS) is 22.4. The summed E-state index contributed by atoms with van der Waals surface area (Å²) < 4.78 is 38.1. The number of carbonyl (C=O) groups is 2. The second-order valence-electron chi connectivity index (χ2n) is 7.69. The standard InChI is InChI=1S/C23H23F3N2O2/c1-13-10-19(12-27(5)14(13)2)28-15(3)22(30)20(16(4)29)21(28)18-8-6-17(7-9-18)11-23(24,25)26/h6-10,12,20-21H,2-3,11H2,1,4-5H3. The van der Waals surface area contributed by atoms with E-state index < -0.39 is 24.6 Å². The van der Waals surface area contributed by atoms with E-state index in [2.05, 4.69) is 13.2 Å². The molecule has 0 aliphatic carbocycles. The van der Waals surface area contributed by atoms with Gasteiger partial charge in [0.2, 0.25) is 0 Å². The Labute approximate surface area is 173 Å². The molecule has 4 nitrogen and oxygen atoms in total. The van der Waals surface area contributed by atoms with Gasteiger partial charge in [0.15, 0.2) is 5.78 Å². The molecular weight excluding hydrogens is 393 g/mol. The number of alkyl halides is 3. The van der Waals surface area contributed by atoms with Crippen LogP contribution >= 0.6 is 0 Å². The van der Waals surface area contributed by atoms with E-state index in [0.29, 0.717) is 11.3 Å². The number of nitrogens with zero attached hydrogens (tertiary/aromatic N) is 2. The van der Waals surface area contributed by atoms with Gasteiger partial charge in [0.05, 0.1) is 23.9 Å². The summed E-state index contributed by atoms with van der Waals surface area (Å²) in [6.45, 7) is 11.1. The minimum Gasteiger partial charge on any atom is -0.349 e. The Kier molecular flexibility index (Phi) is 5.50. The molecule has 0 N–H and O–H groups in total. The third-order valence-corrected chi connectivity index (χ3v) is 5.46. The van der Waals surface area contributed by atoms with Crippen molar-refractivity contribution in [1.82, 2.24) is 9.80 Å². The maximum Gasteiger partial charge on any atom is 0.393 e. The fourth-order valence-electron chi connectivity index (χ4n) is 3.92. The number of likely N-dealkylation sites (tertiary alicyclic amines) is 1. The van der Waals surface area contributed by atoms with E-state index in [-0.39, 0.29) is 22.8 Å². The van der Waals surface area contributed by atoms with Gasteiger partial charge in [0.25, 0.3) is 0 Å². The molecule has 1 aromatic rings. The number of Topliss-reactive ketones (excluding diaryl/α,β-unsaturated/α-hetero) is 2. The lowest BCUT2D eigenvalue weighted by atomic mass is 9.89. The molecule has 2 aliphatic rings. The second-order valence-corrected chi connectivity index (χ2v) is 7.69. The van der Waals surface area contributed by atoms with Crippen molar-refractivity contribution in [3.8, 4) is 0 Å². The van der Waals surface area contributed by atoms with Gasteiger partial charge in [0.1, 0.15) is 11.7 Å². The summed E-state index contributed by atoms with van der Waals surface area (Å²) in [6.07, 6.45) is -1.70. The Balaban J connectivity index is 2.06. The van der Waals surface area contributed by atoms with E-state index in [1.807, 2.05) is 24.9 Å². The molecule has 30 heavy (non-hydrogen) atoms. The largest absolute Gasteiger partial charge is 0.393 e. The molecule has 0 bridgehead atoms. The number of benzene rings is 1. The molecule has 1 saturated heterocycles. The molecule has 0 aromatic heterocycles.